The van der Waals surface area contributed by atoms with Gasteiger partial charge in [-0.25, -0.2) is 28.1 Å². The fraction of sp³-hybridized carbons (Fsp3) is 0.533. The zero-order valence-corrected chi connectivity index (χ0v) is 34.6. The first kappa shape index (κ1) is 42.2. The summed E-state index contributed by atoms with van der Waals surface area (Å²) in [6, 6.07) is 16.5. The van der Waals surface area contributed by atoms with E-state index in [-0.39, 0.29) is 54.6 Å². The first-order chi connectivity index (χ1) is 25.1. The van der Waals surface area contributed by atoms with Crippen molar-refractivity contribution in [3.63, 3.8) is 0 Å². The number of aromatic hydroxyl groups is 3. The Labute approximate surface area is 321 Å². The molecule has 3 N–H and O–H groups in total. The van der Waals surface area contributed by atoms with Crippen LogP contribution in [0.3, 0.4) is 0 Å². The van der Waals surface area contributed by atoms with Crippen molar-refractivity contribution in [2.45, 2.75) is 156 Å². The summed E-state index contributed by atoms with van der Waals surface area (Å²) in [5, 5.41) is 33.3. The highest BCUT2D eigenvalue weighted by atomic mass is 16.3. The Morgan fingerprint density at radius 1 is 0.463 bits per heavy atom. The van der Waals surface area contributed by atoms with Gasteiger partial charge in [0, 0.05) is 52.6 Å². The monoisotopic (exact) mass is 741 g/mol. The molecule has 0 saturated carbocycles. The van der Waals surface area contributed by atoms with Crippen molar-refractivity contribution in [2.75, 3.05) is 0 Å². The van der Waals surface area contributed by atoms with E-state index in [1.165, 1.54) is 0 Å². The highest BCUT2D eigenvalue weighted by molar-refractivity contribution is 5.44. The van der Waals surface area contributed by atoms with Crippen molar-refractivity contribution in [1.29, 1.82) is 0 Å². The topological polar surface area (TPSA) is 127 Å². The summed E-state index contributed by atoms with van der Waals surface area (Å²) in [6.07, 6.45) is 2.70. The van der Waals surface area contributed by atoms with Gasteiger partial charge in [0.05, 0.1) is 0 Å². The Bertz CT molecular complexity index is 1880. The Balaban J connectivity index is 1.96. The number of hydrogen-bond acceptors (Lipinski definition) is 6. The van der Waals surface area contributed by atoms with Gasteiger partial charge >= 0.3 is 17.1 Å². The van der Waals surface area contributed by atoms with E-state index in [1.54, 1.807) is 18.2 Å². The highest BCUT2D eigenvalue weighted by Crippen LogP contribution is 2.38. The predicted octanol–water partition coefficient (Wildman–Crippen LogP) is 8.76. The molecular formula is C45H63N3O6. The molecule has 0 saturated heterocycles. The van der Waals surface area contributed by atoms with Gasteiger partial charge in [-0.15, -0.1) is 0 Å². The smallest absolute Gasteiger partial charge is 0.336 e. The van der Waals surface area contributed by atoms with Crippen LogP contribution >= 0.6 is 0 Å². The van der Waals surface area contributed by atoms with Gasteiger partial charge < -0.3 is 15.3 Å². The number of aromatic nitrogens is 3. The molecule has 3 aromatic carbocycles. The van der Waals surface area contributed by atoms with Crippen molar-refractivity contribution in [1.82, 2.24) is 13.7 Å². The maximum atomic E-state index is 14.6. The number of phenolic OH excluding ortho intramolecular Hbond substituents is 3. The van der Waals surface area contributed by atoms with E-state index in [0.717, 1.165) is 49.7 Å². The van der Waals surface area contributed by atoms with Gasteiger partial charge in [-0.1, -0.05) is 119 Å². The Kier molecular flexibility index (Phi) is 12.6. The molecule has 0 aliphatic rings. The largest absolute Gasteiger partial charge is 0.508 e. The molecule has 1 aromatic heterocycles. The van der Waals surface area contributed by atoms with E-state index in [0.29, 0.717) is 16.7 Å². The summed E-state index contributed by atoms with van der Waals surface area (Å²) in [5.41, 5.74) is -0.138. The average Bonchev–Trinajstić information content (AvgIpc) is 3.13. The summed E-state index contributed by atoms with van der Waals surface area (Å²) in [6.45, 7) is 23.5. The summed E-state index contributed by atoms with van der Waals surface area (Å²) < 4.78 is 3.31. The third kappa shape index (κ3) is 8.55. The van der Waals surface area contributed by atoms with Crippen molar-refractivity contribution in [2.24, 2.45) is 0 Å². The average molecular weight is 742 g/mol. The van der Waals surface area contributed by atoms with Crippen molar-refractivity contribution < 1.29 is 15.3 Å². The second-order valence-electron chi connectivity index (χ2n) is 17.5. The van der Waals surface area contributed by atoms with Gasteiger partial charge in [0.1, 0.15) is 17.2 Å². The first-order valence-corrected chi connectivity index (χ1v) is 19.5. The molecular weight excluding hydrogens is 679 g/mol. The quantitative estimate of drug-likeness (QED) is 0.112. The van der Waals surface area contributed by atoms with Crippen molar-refractivity contribution in [3.05, 3.63) is 119 Å². The molecule has 1 heterocycles. The lowest BCUT2D eigenvalue weighted by atomic mass is 9.81. The highest BCUT2D eigenvalue weighted by Gasteiger charge is 2.34. The van der Waals surface area contributed by atoms with E-state index in [9.17, 15) is 29.7 Å². The fourth-order valence-electron chi connectivity index (χ4n) is 7.44. The molecule has 0 bridgehead atoms. The fourth-order valence-corrected chi connectivity index (χ4v) is 7.44. The molecule has 4 aromatic rings. The third-order valence-corrected chi connectivity index (χ3v) is 11.8. The summed E-state index contributed by atoms with van der Waals surface area (Å²) >= 11 is 0. The minimum absolute atomic E-state index is 0.0596. The lowest BCUT2D eigenvalue weighted by molar-refractivity contribution is 0.310. The minimum atomic E-state index is -0.909. The van der Waals surface area contributed by atoms with Crippen LogP contribution in [-0.2, 0) is 35.9 Å². The first-order valence-electron chi connectivity index (χ1n) is 19.5. The number of phenols is 3. The summed E-state index contributed by atoms with van der Waals surface area (Å²) in [4.78, 5) is 43.8. The predicted molar refractivity (Wildman–Crippen MR) is 219 cm³/mol. The SMILES string of the molecule is CCC(C)c1ccc(O)c(C(C)(C)Cn2c(=O)n(CC(C)(C)c3cc(C(C)CC)ccc3O)c(=O)n(CC(C)(C)c3cc(C(C)CC)ccc3O)c2=O)c1. The molecule has 0 amide bonds. The second-order valence-corrected chi connectivity index (χ2v) is 17.5. The van der Waals surface area contributed by atoms with Crippen LogP contribution in [0.5, 0.6) is 17.2 Å². The summed E-state index contributed by atoms with van der Waals surface area (Å²) in [5.74, 6) is 0.879. The number of benzene rings is 3. The molecule has 0 radical (unpaired) electrons. The van der Waals surface area contributed by atoms with Crippen LogP contribution in [0.1, 0.15) is 153 Å². The molecule has 54 heavy (non-hydrogen) atoms. The van der Waals surface area contributed by atoms with Gasteiger partial charge in [-0.2, -0.15) is 0 Å². The van der Waals surface area contributed by atoms with E-state index in [2.05, 4.69) is 41.5 Å². The van der Waals surface area contributed by atoms with Crippen LogP contribution in [0.25, 0.3) is 0 Å². The summed E-state index contributed by atoms with van der Waals surface area (Å²) in [7, 11) is 0. The van der Waals surface area contributed by atoms with E-state index in [4.69, 9.17) is 0 Å². The van der Waals surface area contributed by atoms with Crippen LogP contribution < -0.4 is 17.1 Å². The van der Waals surface area contributed by atoms with Crippen LogP contribution in [0.4, 0.5) is 0 Å². The molecule has 294 valence electrons. The molecule has 0 fully saturated rings. The molecule has 4 rings (SSSR count). The number of nitrogens with zero attached hydrogens (tertiary/aromatic N) is 3. The standard InChI is InChI=1S/C45H63N3O6/c1-13-28(4)31-16-19-37(49)34(22-31)43(7,8)25-46-40(52)47(26-44(9,10)35-23-32(29(5)14-2)17-20-38(35)50)42(54)48(41(46)53)27-45(11,12)36-24-33(30(6)15-3)18-21-39(36)51/h16-24,28-30,49-51H,13-15,25-27H2,1-12H3. The lowest BCUT2D eigenvalue weighted by Gasteiger charge is -2.32. The van der Waals surface area contributed by atoms with Gasteiger partial charge in [-0.05, 0) is 71.9 Å². The molecule has 9 nitrogen and oxygen atoms in total. The maximum absolute atomic E-state index is 14.6. The molecule has 3 atom stereocenters. The number of rotatable bonds is 15. The van der Waals surface area contributed by atoms with Gasteiger partial charge in [0.2, 0.25) is 0 Å². The molecule has 3 unspecified atom stereocenters. The van der Waals surface area contributed by atoms with Crippen molar-refractivity contribution >= 4 is 0 Å². The van der Waals surface area contributed by atoms with Gasteiger partial charge in [0.25, 0.3) is 0 Å². The maximum Gasteiger partial charge on any atom is 0.336 e. The van der Waals surface area contributed by atoms with Crippen molar-refractivity contribution in [3.8, 4) is 17.2 Å². The minimum Gasteiger partial charge on any atom is -0.508 e. The Morgan fingerprint density at radius 2 is 0.685 bits per heavy atom. The van der Waals surface area contributed by atoms with Crippen LogP contribution in [-0.4, -0.2) is 29.0 Å². The zero-order valence-electron chi connectivity index (χ0n) is 34.6. The Hall–Kier alpha value is -4.53. The van der Waals surface area contributed by atoms with E-state index < -0.39 is 33.3 Å². The van der Waals surface area contributed by atoms with E-state index >= 15 is 0 Å². The van der Waals surface area contributed by atoms with Gasteiger partial charge in [0.15, 0.2) is 0 Å². The zero-order chi connectivity index (χ0) is 40.5. The molecule has 0 aliphatic heterocycles. The van der Waals surface area contributed by atoms with Crippen LogP contribution in [0.2, 0.25) is 0 Å². The van der Waals surface area contributed by atoms with Crippen LogP contribution in [0, 0.1) is 0 Å². The molecule has 9 heteroatoms. The third-order valence-electron chi connectivity index (χ3n) is 11.8. The molecule has 0 spiro atoms. The van der Waals surface area contributed by atoms with Crippen LogP contribution in [0.15, 0.2) is 69.0 Å². The van der Waals surface area contributed by atoms with E-state index in [1.807, 2.05) is 77.9 Å². The normalized spacial score (nSPS) is 14.2. The molecule has 0 aliphatic carbocycles. The lowest BCUT2D eigenvalue weighted by Crippen LogP contribution is -2.58. The number of hydrogen-bond donors (Lipinski definition) is 3. The Morgan fingerprint density at radius 3 is 0.889 bits per heavy atom. The van der Waals surface area contributed by atoms with Gasteiger partial charge in [-0.3, -0.25) is 0 Å². The second kappa shape index (κ2) is 16.1.